The molecule has 14 rings (SSSR count). The van der Waals surface area contributed by atoms with Crippen LogP contribution in [-0.4, -0.2) is 0 Å². The van der Waals surface area contributed by atoms with Gasteiger partial charge >= 0.3 is 0 Å². The minimum atomic E-state index is 0.918. The Morgan fingerprint density at radius 3 is 1.49 bits per heavy atom. The first kappa shape index (κ1) is 32.9. The molecule has 0 N–H and O–H groups in total. The van der Waals surface area contributed by atoms with Crippen molar-refractivity contribution in [2.75, 3.05) is 0 Å². The molecule has 0 saturated heterocycles. The molecule has 0 aliphatic heterocycles. The lowest BCUT2D eigenvalue weighted by Crippen LogP contribution is -1.91. The van der Waals surface area contributed by atoms with E-state index in [0.717, 1.165) is 33.1 Å². The fraction of sp³-hybridized carbons (Fsp3) is 0. The molecule has 0 fully saturated rings. The van der Waals surface area contributed by atoms with E-state index in [9.17, 15) is 0 Å². The van der Waals surface area contributed by atoms with Gasteiger partial charge in [-0.3, -0.25) is 0 Å². The van der Waals surface area contributed by atoms with Crippen LogP contribution in [0.5, 0.6) is 0 Å². The largest absolute Gasteiger partial charge is 0.455 e. The second kappa shape index (κ2) is 12.3. The van der Waals surface area contributed by atoms with E-state index in [-0.39, 0.29) is 0 Å². The monoisotopic (exact) mass is 770 g/mol. The third kappa shape index (κ3) is 4.45. The van der Waals surface area contributed by atoms with Crippen LogP contribution in [0.15, 0.2) is 211 Å². The summed E-state index contributed by atoms with van der Waals surface area (Å²) >= 11 is 0. The number of rotatable bonds is 4. The van der Waals surface area contributed by atoms with Gasteiger partial charge in [-0.15, -0.1) is 0 Å². The van der Waals surface area contributed by atoms with Crippen LogP contribution >= 0.6 is 0 Å². The van der Waals surface area contributed by atoms with Crippen molar-refractivity contribution in [1.29, 1.82) is 0 Å². The van der Waals surface area contributed by atoms with Crippen LogP contribution in [0.1, 0.15) is 0 Å². The molecule has 0 radical (unpaired) electrons. The molecule has 0 aliphatic carbocycles. The molecule has 0 atom stereocenters. The summed E-state index contributed by atoms with van der Waals surface area (Å²) in [4.78, 5) is 0. The smallest absolute Gasteiger partial charge is 0.143 e. The number of hydrogen-bond donors (Lipinski definition) is 0. The lowest BCUT2D eigenvalue weighted by molar-refractivity contribution is 0.670. The third-order valence-electron chi connectivity index (χ3n) is 13.6. The van der Waals surface area contributed by atoms with E-state index < -0.39 is 0 Å². The van der Waals surface area contributed by atoms with E-state index >= 15 is 0 Å². The molecule has 280 valence electrons. The molecule has 0 saturated carbocycles. The SMILES string of the molecule is c1ccc(-c2c3cc4c5ccccc5c5cccc(c3c(-c3ccccc3)c3c6cccc7c(-c8ccc(-c9cccc%10c9oc9ccccc9%10)cc8)ccc(c23)c76)c54)cc1. The average Bonchev–Trinajstić information content (AvgIpc) is 3.99. The van der Waals surface area contributed by atoms with Crippen molar-refractivity contribution < 1.29 is 4.42 Å². The van der Waals surface area contributed by atoms with E-state index in [1.54, 1.807) is 0 Å². The molecule has 0 aliphatic rings. The summed E-state index contributed by atoms with van der Waals surface area (Å²) in [6.45, 7) is 0. The quantitative estimate of drug-likeness (QED) is 0.162. The average molecular weight is 771 g/mol. The van der Waals surface area contributed by atoms with Crippen LogP contribution in [0.3, 0.4) is 0 Å². The summed E-state index contributed by atoms with van der Waals surface area (Å²) in [5.74, 6) is 0. The Morgan fingerprint density at radius 2 is 0.738 bits per heavy atom. The van der Waals surface area contributed by atoms with E-state index in [1.165, 1.54) is 109 Å². The number of para-hydroxylation sites is 2. The van der Waals surface area contributed by atoms with E-state index in [4.69, 9.17) is 4.42 Å². The Bertz CT molecular complexity index is 4060. The summed E-state index contributed by atoms with van der Waals surface area (Å²) < 4.78 is 6.44. The van der Waals surface area contributed by atoms with Gasteiger partial charge in [-0.25, -0.2) is 0 Å². The standard InChI is InChI=1S/C60H34O/c1-3-14-37(15-4-1)53-51-34-50-42-19-8-7-18-41(42)45-23-13-25-47(56(45)50)57(51)54(38-16-5-2-6-17-38)59-48-26-12-22-44-39(32-33-49(55(44)48)58(53)59)35-28-30-36(31-29-35)40-21-11-24-46-43-20-9-10-27-52(43)61-60(40)46/h1-34H. The molecule has 0 unspecified atom stereocenters. The van der Waals surface area contributed by atoms with Crippen molar-refractivity contribution in [3.8, 4) is 44.5 Å². The van der Waals surface area contributed by atoms with Crippen LogP contribution in [0.25, 0.3) is 142 Å². The van der Waals surface area contributed by atoms with Gasteiger partial charge in [0.25, 0.3) is 0 Å². The fourth-order valence-electron chi connectivity index (χ4n) is 11.1. The minimum Gasteiger partial charge on any atom is -0.455 e. The maximum absolute atomic E-state index is 6.44. The molecular weight excluding hydrogens is 737 g/mol. The summed E-state index contributed by atoms with van der Waals surface area (Å²) in [6.07, 6.45) is 0. The van der Waals surface area contributed by atoms with Crippen molar-refractivity contribution >= 4 is 97.3 Å². The number of fused-ring (bicyclic) bond motifs is 11. The van der Waals surface area contributed by atoms with E-state index in [1.807, 2.05) is 6.07 Å². The number of furan rings is 1. The number of benzene rings is 11. The zero-order valence-corrected chi connectivity index (χ0v) is 33.0. The highest BCUT2D eigenvalue weighted by molar-refractivity contribution is 6.45. The van der Waals surface area contributed by atoms with Gasteiger partial charge in [-0.2, -0.15) is 0 Å². The van der Waals surface area contributed by atoms with Crippen molar-refractivity contribution in [2.24, 2.45) is 0 Å². The molecule has 61 heavy (non-hydrogen) atoms. The summed E-state index contributed by atoms with van der Waals surface area (Å²) in [5.41, 5.74) is 11.6. The topological polar surface area (TPSA) is 13.1 Å². The Morgan fingerprint density at radius 1 is 0.230 bits per heavy atom. The molecular formula is C60H34O. The summed E-state index contributed by atoms with van der Waals surface area (Å²) in [6, 6.07) is 76.2. The Hall–Kier alpha value is -8.00. The van der Waals surface area contributed by atoms with Crippen molar-refractivity contribution in [2.45, 2.75) is 0 Å². The van der Waals surface area contributed by atoms with Gasteiger partial charge in [0.05, 0.1) is 0 Å². The first-order valence-electron chi connectivity index (χ1n) is 21.2. The van der Waals surface area contributed by atoms with E-state index in [2.05, 4.69) is 200 Å². The zero-order chi connectivity index (χ0) is 39.8. The first-order chi connectivity index (χ1) is 30.3. The fourth-order valence-corrected chi connectivity index (χ4v) is 11.1. The van der Waals surface area contributed by atoms with Crippen molar-refractivity contribution in [3.05, 3.63) is 206 Å². The molecule has 0 amide bonds. The Kier molecular flexibility index (Phi) is 6.62. The molecule has 1 heteroatoms. The van der Waals surface area contributed by atoms with Gasteiger partial charge in [0.15, 0.2) is 0 Å². The Labute approximate surface area is 351 Å². The molecule has 14 aromatic rings. The second-order valence-electron chi connectivity index (χ2n) is 16.6. The van der Waals surface area contributed by atoms with Gasteiger partial charge in [-0.05, 0) is 126 Å². The van der Waals surface area contributed by atoms with Gasteiger partial charge < -0.3 is 4.42 Å². The van der Waals surface area contributed by atoms with Crippen LogP contribution in [0.4, 0.5) is 0 Å². The maximum Gasteiger partial charge on any atom is 0.143 e. The zero-order valence-electron chi connectivity index (χ0n) is 33.0. The van der Waals surface area contributed by atoms with Gasteiger partial charge in [0.2, 0.25) is 0 Å². The van der Waals surface area contributed by atoms with Crippen LogP contribution in [-0.2, 0) is 0 Å². The first-order valence-corrected chi connectivity index (χ1v) is 21.2. The van der Waals surface area contributed by atoms with Crippen molar-refractivity contribution in [3.63, 3.8) is 0 Å². The highest BCUT2D eigenvalue weighted by Crippen LogP contribution is 2.55. The van der Waals surface area contributed by atoms with E-state index in [0.29, 0.717) is 0 Å². The predicted molar refractivity (Wildman–Crippen MR) is 260 cm³/mol. The predicted octanol–water partition coefficient (Wildman–Crippen LogP) is 17.2. The Balaban J connectivity index is 1.09. The van der Waals surface area contributed by atoms with Gasteiger partial charge in [0.1, 0.15) is 11.2 Å². The molecule has 1 nitrogen and oxygen atoms in total. The summed E-state index contributed by atoms with van der Waals surface area (Å²) in [7, 11) is 0. The van der Waals surface area contributed by atoms with Crippen molar-refractivity contribution in [1.82, 2.24) is 0 Å². The molecule has 1 heterocycles. The molecule has 0 spiro atoms. The number of hydrogen-bond acceptors (Lipinski definition) is 1. The highest BCUT2D eigenvalue weighted by atomic mass is 16.3. The normalized spacial score (nSPS) is 12.3. The minimum absolute atomic E-state index is 0.918. The molecule has 13 aromatic carbocycles. The third-order valence-corrected chi connectivity index (χ3v) is 13.6. The lowest BCUT2D eigenvalue weighted by atomic mass is 9.84. The molecule has 0 bridgehead atoms. The lowest BCUT2D eigenvalue weighted by Gasteiger charge is -2.19. The second-order valence-corrected chi connectivity index (χ2v) is 16.6. The highest BCUT2D eigenvalue weighted by Gasteiger charge is 2.27. The van der Waals surface area contributed by atoms with Gasteiger partial charge in [-0.1, -0.05) is 194 Å². The van der Waals surface area contributed by atoms with Crippen LogP contribution < -0.4 is 0 Å². The molecule has 1 aromatic heterocycles. The van der Waals surface area contributed by atoms with Crippen LogP contribution in [0, 0.1) is 0 Å². The summed E-state index contributed by atoms with van der Waals surface area (Å²) in [5, 5.41) is 20.6. The maximum atomic E-state index is 6.44. The van der Waals surface area contributed by atoms with Crippen LogP contribution in [0.2, 0.25) is 0 Å². The van der Waals surface area contributed by atoms with Gasteiger partial charge in [0, 0.05) is 16.3 Å².